The first-order valence-corrected chi connectivity index (χ1v) is 12.2. The molecule has 0 amide bonds. The molecule has 1 N–H and O–H groups in total. The first-order chi connectivity index (χ1) is 15.7. The summed E-state index contributed by atoms with van der Waals surface area (Å²) in [6, 6.07) is 19.0. The van der Waals surface area contributed by atoms with Crippen LogP contribution in [-0.4, -0.2) is 25.6 Å². The maximum atomic E-state index is 12.8. The smallest absolute Gasteiger partial charge is 0.340 e. The van der Waals surface area contributed by atoms with Crippen molar-refractivity contribution in [2.75, 3.05) is 11.3 Å². The molecule has 4 rings (SSSR count). The lowest BCUT2D eigenvalue weighted by atomic mass is 10.1. The number of aryl methyl sites for hydroxylation is 1. The van der Waals surface area contributed by atoms with E-state index < -0.39 is 16.0 Å². The monoisotopic (exact) mass is 482 g/mol. The summed E-state index contributed by atoms with van der Waals surface area (Å²) in [6.07, 6.45) is 0. The van der Waals surface area contributed by atoms with Crippen molar-refractivity contribution < 1.29 is 17.9 Å². The summed E-state index contributed by atoms with van der Waals surface area (Å²) in [5, 5.41) is 1.05. The van der Waals surface area contributed by atoms with Gasteiger partial charge in [-0.1, -0.05) is 29.3 Å². The zero-order chi connectivity index (χ0) is 23.8. The van der Waals surface area contributed by atoms with E-state index in [4.69, 9.17) is 16.3 Å². The van der Waals surface area contributed by atoms with Crippen molar-refractivity contribution in [3.63, 3.8) is 0 Å². The number of aromatic nitrogens is 1. The third-order valence-electron chi connectivity index (χ3n) is 5.35. The summed E-state index contributed by atoms with van der Waals surface area (Å²) in [4.78, 5) is 12.9. The molecule has 6 nitrogen and oxygen atoms in total. The van der Waals surface area contributed by atoms with Crippen LogP contribution in [-0.2, 0) is 14.8 Å². The van der Waals surface area contributed by atoms with Gasteiger partial charge in [0.2, 0.25) is 0 Å². The van der Waals surface area contributed by atoms with Gasteiger partial charge in [-0.25, -0.2) is 13.2 Å². The van der Waals surface area contributed by atoms with Gasteiger partial charge in [-0.15, -0.1) is 0 Å². The van der Waals surface area contributed by atoms with E-state index in [9.17, 15) is 13.2 Å². The largest absolute Gasteiger partial charge is 0.462 e. The van der Waals surface area contributed by atoms with Crippen LogP contribution in [0.2, 0.25) is 5.02 Å². The fraction of sp³-hybridized carbons (Fsp3) is 0.160. The Kier molecular flexibility index (Phi) is 6.19. The van der Waals surface area contributed by atoms with E-state index in [-0.39, 0.29) is 11.5 Å². The van der Waals surface area contributed by atoms with E-state index in [1.807, 2.05) is 42.7 Å². The van der Waals surface area contributed by atoms with Crippen LogP contribution < -0.4 is 4.72 Å². The maximum absolute atomic E-state index is 12.8. The Labute approximate surface area is 197 Å². The summed E-state index contributed by atoms with van der Waals surface area (Å²) < 4.78 is 35.6. The second-order valence-electron chi connectivity index (χ2n) is 7.64. The molecule has 33 heavy (non-hydrogen) atoms. The summed E-state index contributed by atoms with van der Waals surface area (Å²) in [6.45, 7) is 5.84. The number of fused-ring (bicyclic) bond motifs is 1. The first-order valence-electron chi connectivity index (χ1n) is 10.4. The molecule has 1 heterocycles. The van der Waals surface area contributed by atoms with Gasteiger partial charge in [-0.2, -0.15) is 0 Å². The minimum atomic E-state index is -3.83. The predicted octanol–water partition coefficient (Wildman–Crippen LogP) is 5.88. The number of halogens is 1. The lowest BCUT2D eigenvalue weighted by Gasteiger charge is -2.10. The van der Waals surface area contributed by atoms with Gasteiger partial charge in [0.05, 0.1) is 22.6 Å². The van der Waals surface area contributed by atoms with Crippen LogP contribution in [0.4, 0.5) is 5.69 Å². The van der Waals surface area contributed by atoms with Crippen molar-refractivity contribution >= 4 is 44.2 Å². The Morgan fingerprint density at radius 1 is 1.00 bits per heavy atom. The Bertz CT molecular complexity index is 1440. The van der Waals surface area contributed by atoms with Gasteiger partial charge in [-0.05, 0) is 75.4 Å². The number of hydrogen-bond donors (Lipinski definition) is 1. The molecule has 0 saturated heterocycles. The zero-order valence-electron chi connectivity index (χ0n) is 18.4. The molecule has 4 aromatic rings. The molecule has 0 unspecified atom stereocenters. The lowest BCUT2D eigenvalue weighted by molar-refractivity contribution is 0.0527. The number of rotatable bonds is 6. The predicted molar refractivity (Wildman–Crippen MR) is 131 cm³/mol. The number of carbonyl (C=O) groups excluding carboxylic acids is 1. The van der Waals surface area contributed by atoms with E-state index >= 15 is 0 Å². The van der Waals surface area contributed by atoms with Crippen LogP contribution in [0.3, 0.4) is 0 Å². The van der Waals surface area contributed by atoms with E-state index in [0.29, 0.717) is 27.4 Å². The van der Waals surface area contributed by atoms with E-state index in [2.05, 4.69) is 4.72 Å². The molecule has 1 aromatic heterocycles. The highest BCUT2D eigenvalue weighted by molar-refractivity contribution is 7.92. The Morgan fingerprint density at radius 3 is 2.30 bits per heavy atom. The molecule has 0 atom stereocenters. The fourth-order valence-corrected chi connectivity index (χ4v) is 4.97. The number of nitrogens with one attached hydrogen (secondary N) is 1. The molecular weight excluding hydrogens is 460 g/mol. The third kappa shape index (κ3) is 4.47. The number of hydrogen-bond acceptors (Lipinski definition) is 4. The van der Waals surface area contributed by atoms with E-state index in [0.717, 1.165) is 16.8 Å². The molecule has 0 spiro atoms. The molecular formula is C25H23ClN2O4S. The average Bonchev–Trinajstić information content (AvgIpc) is 3.05. The van der Waals surface area contributed by atoms with Crippen LogP contribution in [0.25, 0.3) is 16.6 Å². The Hall–Kier alpha value is -3.29. The number of anilines is 1. The van der Waals surface area contributed by atoms with Crippen LogP contribution in [0.15, 0.2) is 71.6 Å². The number of nitrogens with zero attached hydrogens (tertiary/aromatic N) is 1. The van der Waals surface area contributed by atoms with E-state index in [1.54, 1.807) is 25.1 Å². The Morgan fingerprint density at radius 2 is 1.67 bits per heavy atom. The molecule has 0 aliphatic carbocycles. The van der Waals surface area contributed by atoms with E-state index in [1.165, 1.54) is 24.3 Å². The van der Waals surface area contributed by atoms with Crippen LogP contribution in [0.1, 0.15) is 28.5 Å². The van der Waals surface area contributed by atoms with Gasteiger partial charge in [0.15, 0.2) is 0 Å². The normalized spacial score (nSPS) is 11.5. The summed E-state index contributed by atoms with van der Waals surface area (Å²) in [5.74, 6) is -0.455. The first kappa shape index (κ1) is 22.9. The summed E-state index contributed by atoms with van der Waals surface area (Å²) in [7, 11) is -3.83. The molecule has 8 heteroatoms. The number of benzene rings is 3. The minimum absolute atomic E-state index is 0.0889. The van der Waals surface area contributed by atoms with Gasteiger partial charge in [-0.3, -0.25) is 4.72 Å². The average molecular weight is 483 g/mol. The van der Waals surface area contributed by atoms with Gasteiger partial charge in [0.25, 0.3) is 10.0 Å². The molecule has 0 aliphatic heterocycles. The van der Waals surface area contributed by atoms with Gasteiger partial charge in [0.1, 0.15) is 0 Å². The molecule has 0 bridgehead atoms. The quantitative estimate of drug-likeness (QED) is 0.348. The zero-order valence-corrected chi connectivity index (χ0v) is 20.0. The van der Waals surface area contributed by atoms with Crippen LogP contribution in [0, 0.1) is 13.8 Å². The molecule has 3 aromatic carbocycles. The van der Waals surface area contributed by atoms with Crippen molar-refractivity contribution in [3.8, 4) is 5.69 Å². The number of esters is 1. The van der Waals surface area contributed by atoms with Crippen molar-refractivity contribution in [3.05, 3.63) is 88.6 Å². The van der Waals surface area contributed by atoms with Crippen LogP contribution in [0.5, 0.6) is 0 Å². The van der Waals surface area contributed by atoms with Gasteiger partial charge in [0, 0.05) is 27.5 Å². The highest BCUT2D eigenvalue weighted by atomic mass is 35.5. The highest BCUT2D eigenvalue weighted by Crippen LogP contribution is 2.32. The van der Waals surface area contributed by atoms with Gasteiger partial charge < -0.3 is 9.30 Å². The van der Waals surface area contributed by atoms with Crippen LogP contribution >= 0.6 is 11.6 Å². The molecule has 0 aliphatic rings. The second-order valence-corrected chi connectivity index (χ2v) is 9.76. The third-order valence-corrected chi connectivity index (χ3v) is 7.00. The number of carbonyl (C=O) groups is 1. The summed E-state index contributed by atoms with van der Waals surface area (Å²) >= 11 is 5.87. The number of sulfonamides is 1. The fourth-order valence-electron chi connectivity index (χ4n) is 3.80. The molecule has 0 saturated carbocycles. The standard InChI is InChI=1S/C25H23ClN2O4S/c1-4-32-25(29)24-17(3)28(20-10-5-16(2)6-11-20)23-14-9-19(15-22(23)24)27-33(30,31)21-12-7-18(26)8-13-21/h5-15,27H,4H2,1-3H3. The lowest BCUT2D eigenvalue weighted by Crippen LogP contribution is -2.12. The number of ether oxygens (including phenoxy) is 1. The SMILES string of the molecule is CCOC(=O)c1c(C)n(-c2ccc(C)cc2)c2ccc(NS(=O)(=O)c3ccc(Cl)cc3)cc12. The molecule has 0 fully saturated rings. The van der Waals surface area contributed by atoms with Crippen molar-refractivity contribution in [2.24, 2.45) is 0 Å². The van der Waals surface area contributed by atoms with Crippen molar-refractivity contribution in [2.45, 2.75) is 25.7 Å². The molecule has 0 radical (unpaired) electrons. The van der Waals surface area contributed by atoms with Crippen molar-refractivity contribution in [1.29, 1.82) is 0 Å². The van der Waals surface area contributed by atoms with Gasteiger partial charge >= 0.3 is 5.97 Å². The topological polar surface area (TPSA) is 77.4 Å². The molecule has 170 valence electrons. The maximum Gasteiger partial charge on any atom is 0.340 e. The Balaban J connectivity index is 1.85. The van der Waals surface area contributed by atoms with Crippen molar-refractivity contribution in [1.82, 2.24) is 4.57 Å². The minimum Gasteiger partial charge on any atom is -0.462 e. The highest BCUT2D eigenvalue weighted by Gasteiger charge is 2.23. The summed E-state index contributed by atoms with van der Waals surface area (Å²) in [5.41, 5.74) is 4.24. The second kappa shape index (κ2) is 8.92.